The first kappa shape index (κ1) is 16.7. The van der Waals surface area contributed by atoms with Crippen molar-refractivity contribution < 1.29 is 4.74 Å². The molecule has 0 saturated heterocycles. The van der Waals surface area contributed by atoms with E-state index in [0.717, 1.165) is 11.1 Å². The Labute approximate surface area is 143 Å². The predicted octanol–water partition coefficient (Wildman–Crippen LogP) is 5.62. The van der Waals surface area contributed by atoms with Gasteiger partial charge in [-0.15, -0.1) is 0 Å². The lowest BCUT2D eigenvalue weighted by Crippen LogP contribution is -2.18. The molecule has 0 radical (unpaired) electrons. The molecule has 0 heterocycles. The number of hydrogen-bond donors (Lipinski definition) is 1. The van der Waals surface area contributed by atoms with Gasteiger partial charge in [0.1, 0.15) is 5.75 Å². The number of methoxy groups -OCH3 is 1. The maximum Gasteiger partial charge on any atom is 0.138 e. The molecular formula is C15H13Cl4NO. The quantitative estimate of drug-likeness (QED) is 0.760. The van der Waals surface area contributed by atoms with Crippen molar-refractivity contribution in [2.75, 3.05) is 14.2 Å². The summed E-state index contributed by atoms with van der Waals surface area (Å²) in [6.45, 7) is 0. The van der Waals surface area contributed by atoms with Crippen LogP contribution in [0.4, 0.5) is 0 Å². The minimum absolute atomic E-state index is 0.203. The summed E-state index contributed by atoms with van der Waals surface area (Å²) in [4.78, 5) is 0. The van der Waals surface area contributed by atoms with Crippen LogP contribution < -0.4 is 10.1 Å². The zero-order chi connectivity index (χ0) is 15.6. The Morgan fingerprint density at radius 3 is 2.14 bits per heavy atom. The monoisotopic (exact) mass is 363 g/mol. The molecule has 2 aromatic rings. The maximum atomic E-state index is 6.34. The third-order valence-corrected chi connectivity index (χ3v) is 4.33. The van der Waals surface area contributed by atoms with Crippen LogP contribution in [0.15, 0.2) is 30.3 Å². The van der Waals surface area contributed by atoms with E-state index in [9.17, 15) is 0 Å². The van der Waals surface area contributed by atoms with Crippen LogP contribution >= 0.6 is 46.4 Å². The highest BCUT2D eigenvalue weighted by atomic mass is 35.5. The molecule has 2 aromatic carbocycles. The van der Waals surface area contributed by atoms with E-state index >= 15 is 0 Å². The summed E-state index contributed by atoms with van der Waals surface area (Å²) in [7, 11) is 3.37. The molecule has 0 amide bonds. The highest BCUT2D eigenvalue weighted by Gasteiger charge is 2.20. The van der Waals surface area contributed by atoms with Crippen molar-refractivity contribution >= 4 is 46.4 Å². The number of halogens is 4. The molecule has 21 heavy (non-hydrogen) atoms. The van der Waals surface area contributed by atoms with E-state index in [1.54, 1.807) is 31.4 Å². The molecular weight excluding hydrogens is 352 g/mol. The molecule has 1 atom stereocenters. The molecule has 0 spiro atoms. The molecule has 112 valence electrons. The fourth-order valence-electron chi connectivity index (χ4n) is 2.14. The zero-order valence-corrected chi connectivity index (χ0v) is 14.4. The fourth-order valence-corrected chi connectivity index (χ4v) is 3.17. The Bertz CT molecular complexity index is 660. The van der Waals surface area contributed by atoms with Crippen LogP contribution in [0.25, 0.3) is 0 Å². The first-order valence-electron chi connectivity index (χ1n) is 6.13. The van der Waals surface area contributed by atoms with E-state index in [2.05, 4.69) is 5.32 Å². The number of ether oxygens (including phenoxy) is 1. The summed E-state index contributed by atoms with van der Waals surface area (Å²) >= 11 is 24.7. The van der Waals surface area contributed by atoms with Crippen molar-refractivity contribution in [3.63, 3.8) is 0 Å². The lowest BCUT2D eigenvalue weighted by Gasteiger charge is -2.21. The Morgan fingerprint density at radius 2 is 1.57 bits per heavy atom. The molecule has 0 aromatic heterocycles. The molecule has 1 unspecified atom stereocenters. The normalized spacial score (nSPS) is 12.3. The van der Waals surface area contributed by atoms with Crippen molar-refractivity contribution in [2.24, 2.45) is 0 Å². The second-order valence-corrected chi connectivity index (χ2v) is 6.05. The van der Waals surface area contributed by atoms with E-state index in [1.807, 2.05) is 13.1 Å². The van der Waals surface area contributed by atoms with E-state index in [1.165, 1.54) is 0 Å². The maximum absolute atomic E-state index is 6.34. The number of rotatable bonds is 4. The van der Waals surface area contributed by atoms with Gasteiger partial charge in [0, 0.05) is 21.1 Å². The molecule has 0 saturated carbocycles. The smallest absolute Gasteiger partial charge is 0.138 e. The van der Waals surface area contributed by atoms with Crippen molar-refractivity contribution in [1.82, 2.24) is 5.32 Å². The van der Waals surface area contributed by atoms with Gasteiger partial charge in [-0.1, -0.05) is 52.5 Å². The summed E-state index contributed by atoms with van der Waals surface area (Å²) in [5, 5.41) is 5.36. The number of nitrogens with one attached hydrogen (secondary N) is 1. The SMILES string of the molecule is CNC(c1ccc(Cl)cc1Cl)c1cc(Cl)c(OC)cc1Cl. The van der Waals surface area contributed by atoms with Gasteiger partial charge >= 0.3 is 0 Å². The largest absolute Gasteiger partial charge is 0.495 e. The van der Waals surface area contributed by atoms with Crippen LogP contribution in [-0.2, 0) is 0 Å². The van der Waals surface area contributed by atoms with Crippen molar-refractivity contribution in [3.05, 3.63) is 61.5 Å². The van der Waals surface area contributed by atoms with E-state index in [4.69, 9.17) is 51.1 Å². The van der Waals surface area contributed by atoms with E-state index < -0.39 is 0 Å². The molecule has 1 N–H and O–H groups in total. The summed E-state index contributed by atoms with van der Waals surface area (Å²) in [5.41, 5.74) is 1.68. The highest BCUT2D eigenvalue weighted by molar-refractivity contribution is 6.36. The van der Waals surface area contributed by atoms with Crippen molar-refractivity contribution in [1.29, 1.82) is 0 Å². The van der Waals surface area contributed by atoms with Gasteiger partial charge in [-0.3, -0.25) is 0 Å². The van der Waals surface area contributed by atoms with Gasteiger partial charge < -0.3 is 10.1 Å². The standard InChI is InChI=1S/C15H13Cl4NO/c1-20-15(9-4-3-8(16)5-11(9)17)10-6-13(19)14(21-2)7-12(10)18/h3-7,15,20H,1-2H3. The summed E-state index contributed by atoms with van der Waals surface area (Å²) in [6.07, 6.45) is 0. The second kappa shape index (κ2) is 7.08. The first-order valence-corrected chi connectivity index (χ1v) is 7.64. The molecule has 0 aliphatic rings. The third kappa shape index (κ3) is 3.58. The Kier molecular flexibility index (Phi) is 5.64. The predicted molar refractivity (Wildman–Crippen MR) is 90.4 cm³/mol. The average Bonchev–Trinajstić information content (AvgIpc) is 2.45. The average molecular weight is 365 g/mol. The van der Waals surface area contributed by atoms with Crippen LogP contribution in [0.2, 0.25) is 20.1 Å². The summed E-state index contributed by atoms with van der Waals surface area (Å²) in [5.74, 6) is 0.530. The summed E-state index contributed by atoms with van der Waals surface area (Å²) in [6, 6.07) is 8.60. The lowest BCUT2D eigenvalue weighted by atomic mass is 9.98. The second-order valence-electron chi connectivity index (χ2n) is 4.40. The van der Waals surface area contributed by atoms with Gasteiger partial charge in [0.05, 0.1) is 18.2 Å². The Hall–Kier alpha value is -0.640. The van der Waals surface area contributed by atoms with Gasteiger partial charge in [0.15, 0.2) is 0 Å². The molecule has 0 bridgehead atoms. The van der Waals surface area contributed by atoms with E-state index in [-0.39, 0.29) is 6.04 Å². The topological polar surface area (TPSA) is 21.3 Å². The molecule has 0 aliphatic heterocycles. The van der Waals surface area contributed by atoms with Gasteiger partial charge in [-0.25, -0.2) is 0 Å². The summed E-state index contributed by atoms with van der Waals surface area (Å²) < 4.78 is 5.16. The van der Waals surface area contributed by atoms with Crippen LogP contribution in [0.1, 0.15) is 17.2 Å². The van der Waals surface area contributed by atoms with Crippen LogP contribution in [-0.4, -0.2) is 14.2 Å². The molecule has 0 fully saturated rings. The Balaban J connectivity index is 2.53. The van der Waals surface area contributed by atoms with Crippen molar-refractivity contribution in [2.45, 2.75) is 6.04 Å². The van der Waals surface area contributed by atoms with Crippen LogP contribution in [0.3, 0.4) is 0 Å². The van der Waals surface area contributed by atoms with Gasteiger partial charge in [-0.2, -0.15) is 0 Å². The highest BCUT2D eigenvalue weighted by Crippen LogP contribution is 2.38. The lowest BCUT2D eigenvalue weighted by molar-refractivity contribution is 0.415. The minimum atomic E-state index is -0.203. The Morgan fingerprint density at radius 1 is 0.905 bits per heavy atom. The number of benzene rings is 2. The number of hydrogen-bond acceptors (Lipinski definition) is 2. The van der Waals surface area contributed by atoms with Gasteiger partial charge in [-0.05, 0) is 36.4 Å². The van der Waals surface area contributed by atoms with Gasteiger partial charge in [0.2, 0.25) is 0 Å². The van der Waals surface area contributed by atoms with Gasteiger partial charge in [0.25, 0.3) is 0 Å². The van der Waals surface area contributed by atoms with Crippen LogP contribution in [0.5, 0.6) is 5.75 Å². The third-order valence-electron chi connectivity index (χ3n) is 3.14. The molecule has 2 nitrogen and oxygen atoms in total. The van der Waals surface area contributed by atoms with E-state index in [0.29, 0.717) is 25.8 Å². The van der Waals surface area contributed by atoms with Crippen LogP contribution in [0, 0.1) is 0 Å². The minimum Gasteiger partial charge on any atom is -0.495 e. The first-order chi connectivity index (χ1) is 9.97. The molecule has 0 aliphatic carbocycles. The molecule has 6 heteroatoms. The zero-order valence-electron chi connectivity index (χ0n) is 11.4. The molecule has 2 rings (SSSR count). The van der Waals surface area contributed by atoms with Crippen molar-refractivity contribution in [3.8, 4) is 5.75 Å². The fraction of sp³-hybridized carbons (Fsp3) is 0.200.